The minimum atomic E-state index is -0.421. The normalized spacial score (nSPS) is 12.2. The van der Waals surface area contributed by atoms with Gasteiger partial charge in [0.25, 0.3) is 0 Å². The Morgan fingerprint density at radius 2 is 1.67 bits per heavy atom. The van der Waals surface area contributed by atoms with Gasteiger partial charge in [-0.25, -0.2) is 0 Å². The maximum absolute atomic E-state index is 10.6. The summed E-state index contributed by atoms with van der Waals surface area (Å²) in [6.07, 6.45) is 1.14. The molecule has 0 aliphatic carbocycles. The first kappa shape index (κ1) is 21.2. The minimum Gasteiger partial charge on any atom is -0.493 e. The number of ether oxygens (including phenoxy) is 3. The van der Waals surface area contributed by atoms with Crippen LogP contribution in [0.3, 0.4) is 0 Å². The van der Waals surface area contributed by atoms with Crippen LogP contribution in [0.15, 0.2) is 48.5 Å². The second-order valence-electron chi connectivity index (χ2n) is 6.61. The van der Waals surface area contributed by atoms with E-state index in [2.05, 4.69) is 4.90 Å². The van der Waals surface area contributed by atoms with E-state index >= 15 is 0 Å². The third-order valence-electron chi connectivity index (χ3n) is 4.46. The lowest BCUT2D eigenvalue weighted by Crippen LogP contribution is -2.34. The number of hydrogen-bond acceptors (Lipinski definition) is 5. The molecule has 5 nitrogen and oxygen atoms in total. The van der Waals surface area contributed by atoms with Gasteiger partial charge >= 0.3 is 0 Å². The van der Waals surface area contributed by atoms with Crippen LogP contribution < -0.4 is 9.47 Å². The Morgan fingerprint density at radius 1 is 0.926 bits per heavy atom. The second-order valence-corrected chi connectivity index (χ2v) is 6.61. The molecule has 1 N–H and O–H groups in total. The van der Waals surface area contributed by atoms with Gasteiger partial charge in [0.1, 0.15) is 0 Å². The van der Waals surface area contributed by atoms with E-state index in [0.29, 0.717) is 19.6 Å². The third-order valence-corrected chi connectivity index (χ3v) is 4.46. The molecule has 0 spiro atoms. The highest BCUT2D eigenvalue weighted by atomic mass is 16.5. The number of aliphatic hydroxyl groups is 1. The van der Waals surface area contributed by atoms with Crippen molar-refractivity contribution in [3.8, 4) is 11.5 Å². The Kier molecular flexibility index (Phi) is 9.11. The average Bonchev–Trinajstić information content (AvgIpc) is 2.68. The monoisotopic (exact) mass is 373 g/mol. The number of nitrogens with zero attached hydrogens (tertiary/aromatic N) is 1. The van der Waals surface area contributed by atoms with Crippen LogP contribution in [0.5, 0.6) is 11.5 Å². The van der Waals surface area contributed by atoms with Gasteiger partial charge in [-0.15, -0.1) is 0 Å². The highest BCUT2D eigenvalue weighted by molar-refractivity contribution is 5.42. The summed E-state index contributed by atoms with van der Waals surface area (Å²) in [6, 6.07) is 16.0. The van der Waals surface area contributed by atoms with Gasteiger partial charge in [-0.3, -0.25) is 4.90 Å². The first-order chi connectivity index (χ1) is 13.2. The quantitative estimate of drug-likeness (QED) is 0.579. The third kappa shape index (κ3) is 7.21. The number of hydrogen-bond donors (Lipinski definition) is 1. The van der Waals surface area contributed by atoms with Crippen molar-refractivity contribution in [3.63, 3.8) is 0 Å². The van der Waals surface area contributed by atoms with Gasteiger partial charge in [-0.2, -0.15) is 0 Å². The van der Waals surface area contributed by atoms with E-state index in [1.165, 1.54) is 0 Å². The summed E-state index contributed by atoms with van der Waals surface area (Å²) in [5.74, 6) is 1.44. The van der Waals surface area contributed by atoms with Crippen LogP contribution in [0.1, 0.15) is 17.5 Å². The summed E-state index contributed by atoms with van der Waals surface area (Å²) in [5, 5.41) is 10.6. The van der Waals surface area contributed by atoms with Crippen LogP contribution >= 0.6 is 0 Å². The van der Waals surface area contributed by atoms with Crippen LogP contribution in [0.25, 0.3) is 0 Å². The Hall–Kier alpha value is -2.08. The van der Waals surface area contributed by atoms with Crippen molar-refractivity contribution in [2.24, 2.45) is 0 Å². The van der Waals surface area contributed by atoms with Crippen molar-refractivity contribution in [1.82, 2.24) is 4.90 Å². The molecule has 5 heteroatoms. The van der Waals surface area contributed by atoms with Crippen molar-refractivity contribution >= 4 is 0 Å². The van der Waals surface area contributed by atoms with E-state index in [9.17, 15) is 5.11 Å². The van der Waals surface area contributed by atoms with Crippen LogP contribution in [-0.2, 0) is 17.7 Å². The molecule has 2 aromatic carbocycles. The lowest BCUT2D eigenvalue weighted by molar-refractivity contribution is 0.0993. The molecule has 2 rings (SSSR count). The molecule has 1 atom stereocenters. The summed E-state index contributed by atoms with van der Waals surface area (Å²) < 4.78 is 15.9. The van der Waals surface area contributed by atoms with Crippen molar-refractivity contribution in [1.29, 1.82) is 0 Å². The van der Waals surface area contributed by atoms with Crippen molar-refractivity contribution < 1.29 is 19.3 Å². The van der Waals surface area contributed by atoms with Gasteiger partial charge in [-0.1, -0.05) is 36.4 Å². The largest absolute Gasteiger partial charge is 0.493 e. The second kappa shape index (κ2) is 11.6. The van der Waals surface area contributed by atoms with Crippen LogP contribution in [-0.4, -0.2) is 57.1 Å². The topological polar surface area (TPSA) is 51.2 Å². The summed E-state index contributed by atoms with van der Waals surface area (Å²) in [7, 11) is 4.99. The van der Waals surface area contributed by atoms with Gasteiger partial charge in [0, 0.05) is 33.4 Å². The molecule has 0 unspecified atom stereocenters. The van der Waals surface area contributed by atoms with Gasteiger partial charge in [0.2, 0.25) is 0 Å². The van der Waals surface area contributed by atoms with Gasteiger partial charge in [0.05, 0.1) is 20.3 Å². The molecular weight excluding hydrogens is 342 g/mol. The average molecular weight is 373 g/mol. The molecule has 148 valence electrons. The highest BCUT2D eigenvalue weighted by Gasteiger charge is 2.14. The van der Waals surface area contributed by atoms with Crippen LogP contribution in [0.2, 0.25) is 0 Å². The summed E-state index contributed by atoms with van der Waals surface area (Å²) >= 11 is 0. The van der Waals surface area contributed by atoms with E-state index in [1.54, 1.807) is 21.3 Å². The first-order valence-electron chi connectivity index (χ1n) is 9.30. The fourth-order valence-electron chi connectivity index (χ4n) is 3.15. The Morgan fingerprint density at radius 3 is 2.33 bits per heavy atom. The van der Waals surface area contributed by atoms with Gasteiger partial charge < -0.3 is 19.3 Å². The maximum Gasteiger partial charge on any atom is 0.161 e. The zero-order chi connectivity index (χ0) is 19.5. The van der Waals surface area contributed by atoms with E-state index in [4.69, 9.17) is 14.2 Å². The molecule has 2 aromatic rings. The number of rotatable bonds is 12. The fourth-order valence-corrected chi connectivity index (χ4v) is 3.15. The maximum atomic E-state index is 10.6. The molecule has 0 saturated heterocycles. The summed E-state index contributed by atoms with van der Waals surface area (Å²) in [6.45, 7) is 2.90. The molecule has 27 heavy (non-hydrogen) atoms. The molecular formula is C22H31NO4. The molecule has 0 aliphatic rings. The smallest absolute Gasteiger partial charge is 0.161 e. The minimum absolute atomic E-state index is 0.421. The molecule has 0 radical (unpaired) electrons. The summed E-state index contributed by atoms with van der Waals surface area (Å²) in [4.78, 5) is 2.26. The molecule has 0 amide bonds. The molecule has 0 heterocycles. The lowest BCUT2D eigenvalue weighted by Gasteiger charge is -2.25. The summed E-state index contributed by atoms with van der Waals surface area (Å²) in [5.41, 5.74) is 2.27. The molecule has 0 aliphatic heterocycles. The fraction of sp³-hybridized carbons (Fsp3) is 0.455. The van der Waals surface area contributed by atoms with Crippen molar-refractivity contribution in [2.75, 3.05) is 41.0 Å². The molecule has 0 saturated carbocycles. The standard InChI is InChI=1S/C22H31NO4/c1-25-13-7-12-23(17-20(24)14-18-8-5-4-6-9-18)16-19-10-11-21(26-2)22(15-19)27-3/h4-6,8-11,15,20,24H,7,12-14,16-17H2,1-3H3/t20-/m1/s1. The van der Waals surface area contributed by atoms with Crippen LogP contribution in [0, 0.1) is 0 Å². The molecule has 0 bridgehead atoms. The molecule has 0 fully saturated rings. The van der Waals surface area contributed by atoms with E-state index in [0.717, 1.165) is 42.1 Å². The van der Waals surface area contributed by atoms with Crippen LogP contribution in [0.4, 0.5) is 0 Å². The number of benzene rings is 2. The first-order valence-corrected chi connectivity index (χ1v) is 9.30. The van der Waals surface area contributed by atoms with E-state index in [1.807, 2.05) is 48.5 Å². The lowest BCUT2D eigenvalue weighted by atomic mass is 10.1. The Balaban J connectivity index is 2.02. The highest BCUT2D eigenvalue weighted by Crippen LogP contribution is 2.28. The SMILES string of the molecule is COCCCN(Cc1ccc(OC)c(OC)c1)C[C@H](O)Cc1ccccc1. The van der Waals surface area contributed by atoms with Crippen molar-refractivity contribution in [2.45, 2.75) is 25.5 Å². The van der Waals surface area contributed by atoms with Crippen molar-refractivity contribution in [3.05, 3.63) is 59.7 Å². The predicted molar refractivity (Wildman–Crippen MR) is 107 cm³/mol. The predicted octanol–water partition coefficient (Wildman–Crippen LogP) is 3.15. The zero-order valence-electron chi connectivity index (χ0n) is 16.6. The van der Waals surface area contributed by atoms with Gasteiger partial charge in [-0.05, 0) is 36.1 Å². The Labute approximate surface area is 162 Å². The van der Waals surface area contributed by atoms with E-state index < -0.39 is 6.10 Å². The number of aliphatic hydroxyl groups excluding tert-OH is 1. The Bertz CT molecular complexity index is 663. The molecule has 0 aromatic heterocycles. The zero-order valence-corrected chi connectivity index (χ0v) is 16.6. The number of methoxy groups -OCH3 is 3. The van der Waals surface area contributed by atoms with Gasteiger partial charge in [0.15, 0.2) is 11.5 Å². The van der Waals surface area contributed by atoms with E-state index in [-0.39, 0.29) is 0 Å².